The number of nitriles is 1. The number of hydrogen-bond donors (Lipinski definition) is 1. The van der Waals surface area contributed by atoms with E-state index in [4.69, 9.17) is 10.00 Å². The number of carbonyl (C=O) groups is 1. The molecule has 0 unspecified atom stereocenters. The summed E-state index contributed by atoms with van der Waals surface area (Å²) in [6.07, 6.45) is 0. The molecule has 0 fully saturated rings. The summed E-state index contributed by atoms with van der Waals surface area (Å²) in [7, 11) is 0. The topological polar surface area (TPSA) is 70.3 Å². The molecule has 0 amide bonds. The zero-order chi connectivity index (χ0) is 14.7. The van der Waals surface area contributed by atoms with Crippen molar-refractivity contribution in [3.8, 4) is 17.6 Å². The van der Waals surface area contributed by atoms with Gasteiger partial charge in [-0.1, -0.05) is 12.1 Å². The van der Waals surface area contributed by atoms with Crippen molar-refractivity contribution < 1.29 is 14.6 Å². The Morgan fingerprint density at radius 1 is 1.35 bits per heavy atom. The van der Waals surface area contributed by atoms with Crippen LogP contribution in [0, 0.1) is 18.3 Å². The van der Waals surface area contributed by atoms with Crippen LogP contribution in [-0.4, -0.2) is 11.1 Å². The molecule has 0 aliphatic rings. The first kappa shape index (κ1) is 14.1. The summed E-state index contributed by atoms with van der Waals surface area (Å²) in [5.74, 6) is -0.277. The number of benzene rings is 2. The van der Waals surface area contributed by atoms with Crippen LogP contribution in [-0.2, 0) is 0 Å². The molecule has 0 saturated carbocycles. The van der Waals surface area contributed by atoms with Crippen LogP contribution in [0.25, 0.3) is 0 Å². The van der Waals surface area contributed by atoms with Gasteiger partial charge in [-0.15, -0.1) is 0 Å². The van der Waals surface area contributed by atoms with Crippen LogP contribution in [0.5, 0.6) is 11.5 Å². The zero-order valence-electron chi connectivity index (χ0n) is 10.6. The summed E-state index contributed by atoms with van der Waals surface area (Å²) in [4.78, 5) is 11.2. The molecule has 100 valence electrons. The van der Waals surface area contributed by atoms with E-state index in [0.29, 0.717) is 21.5 Å². The highest BCUT2D eigenvalue weighted by atomic mass is 79.9. The first-order valence-electron chi connectivity index (χ1n) is 5.73. The monoisotopic (exact) mass is 331 g/mol. The molecule has 1 N–H and O–H groups in total. The fourth-order valence-electron chi connectivity index (χ4n) is 1.72. The molecule has 0 aliphatic carbocycles. The van der Waals surface area contributed by atoms with Crippen molar-refractivity contribution in [1.82, 2.24) is 0 Å². The molecular formula is C15H10BrNO3. The second-order valence-corrected chi connectivity index (χ2v) is 4.97. The van der Waals surface area contributed by atoms with Gasteiger partial charge >= 0.3 is 5.97 Å². The summed E-state index contributed by atoms with van der Waals surface area (Å²) in [6, 6.07) is 11.8. The Bertz CT molecular complexity index is 720. The van der Waals surface area contributed by atoms with E-state index in [0.717, 1.165) is 5.56 Å². The first-order valence-corrected chi connectivity index (χ1v) is 6.52. The van der Waals surface area contributed by atoms with Crippen molar-refractivity contribution >= 4 is 21.9 Å². The van der Waals surface area contributed by atoms with Gasteiger partial charge in [-0.25, -0.2) is 4.79 Å². The van der Waals surface area contributed by atoms with Crippen LogP contribution in [0.2, 0.25) is 0 Å². The number of carboxylic acid groups (broad SMARTS) is 1. The molecule has 0 spiro atoms. The molecule has 5 heteroatoms. The lowest BCUT2D eigenvalue weighted by Crippen LogP contribution is -2.01. The molecule has 20 heavy (non-hydrogen) atoms. The number of rotatable bonds is 3. The maximum Gasteiger partial charge on any atom is 0.339 e. The van der Waals surface area contributed by atoms with Gasteiger partial charge in [-0.2, -0.15) is 5.26 Å². The van der Waals surface area contributed by atoms with E-state index in [9.17, 15) is 9.90 Å². The van der Waals surface area contributed by atoms with Gasteiger partial charge in [0.05, 0.1) is 5.56 Å². The van der Waals surface area contributed by atoms with E-state index in [2.05, 4.69) is 15.9 Å². The standard InChI is InChI=1S/C15H10BrNO3/c1-9-3-2-4-12(15(18)19)14(9)20-11-6-5-10(8-17)13(16)7-11/h2-7H,1H3,(H,18,19). The molecular weight excluding hydrogens is 322 g/mol. The highest BCUT2D eigenvalue weighted by Gasteiger charge is 2.14. The van der Waals surface area contributed by atoms with Crippen molar-refractivity contribution in [3.05, 3.63) is 57.6 Å². The van der Waals surface area contributed by atoms with Crippen LogP contribution in [0.15, 0.2) is 40.9 Å². The average molecular weight is 332 g/mol. The van der Waals surface area contributed by atoms with Crippen LogP contribution < -0.4 is 4.74 Å². The predicted octanol–water partition coefficient (Wildman–Crippen LogP) is 4.12. The van der Waals surface area contributed by atoms with E-state index >= 15 is 0 Å². The number of carboxylic acids is 1. The zero-order valence-corrected chi connectivity index (χ0v) is 12.1. The van der Waals surface area contributed by atoms with E-state index in [1.807, 2.05) is 6.07 Å². The SMILES string of the molecule is Cc1cccc(C(=O)O)c1Oc1ccc(C#N)c(Br)c1. The van der Waals surface area contributed by atoms with Gasteiger partial charge in [-0.3, -0.25) is 0 Å². The summed E-state index contributed by atoms with van der Waals surface area (Å²) >= 11 is 3.27. The van der Waals surface area contributed by atoms with Gasteiger partial charge in [-0.05, 0) is 52.7 Å². The maximum atomic E-state index is 11.2. The van der Waals surface area contributed by atoms with Gasteiger partial charge in [0.15, 0.2) is 0 Å². The molecule has 2 rings (SSSR count). The third-order valence-corrected chi connectivity index (χ3v) is 3.38. The molecule has 4 nitrogen and oxygen atoms in total. The summed E-state index contributed by atoms with van der Waals surface area (Å²) in [6.45, 7) is 1.78. The second kappa shape index (κ2) is 5.76. The number of halogens is 1. The van der Waals surface area contributed by atoms with Gasteiger partial charge in [0.25, 0.3) is 0 Å². The van der Waals surface area contributed by atoms with Crippen molar-refractivity contribution in [2.45, 2.75) is 6.92 Å². The van der Waals surface area contributed by atoms with Crippen molar-refractivity contribution in [2.24, 2.45) is 0 Å². The minimum absolute atomic E-state index is 0.102. The highest BCUT2D eigenvalue weighted by Crippen LogP contribution is 2.31. The average Bonchev–Trinajstić information content (AvgIpc) is 2.41. The molecule has 2 aromatic carbocycles. The Balaban J connectivity index is 2.43. The van der Waals surface area contributed by atoms with E-state index in [1.165, 1.54) is 6.07 Å². The fourth-order valence-corrected chi connectivity index (χ4v) is 2.17. The van der Waals surface area contributed by atoms with Crippen molar-refractivity contribution in [2.75, 3.05) is 0 Å². The van der Waals surface area contributed by atoms with E-state index in [-0.39, 0.29) is 5.56 Å². The van der Waals surface area contributed by atoms with Gasteiger partial charge in [0, 0.05) is 4.47 Å². The quantitative estimate of drug-likeness (QED) is 0.918. The molecule has 0 atom stereocenters. The maximum absolute atomic E-state index is 11.2. The summed E-state index contributed by atoms with van der Waals surface area (Å²) in [5.41, 5.74) is 1.32. The summed E-state index contributed by atoms with van der Waals surface area (Å²) < 4.78 is 6.26. The third-order valence-electron chi connectivity index (χ3n) is 2.72. The molecule has 0 aromatic heterocycles. The number of aryl methyl sites for hydroxylation is 1. The Hall–Kier alpha value is -2.32. The number of hydrogen-bond acceptors (Lipinski definition) is 3. The third kappa shape index (κ3) is 2.81. The van der Waals surface area contributed by atoms with Crippen molar-refractivity contribution in [3.63, 3.8) is 0 Å². The number of ether oxygens (including phenoxy) is 1. The van der Waals surface area contributed by atoms with Crippen molar-refractivity contribution in [1.29, 1.82) is 5.26 Å². The first-order chi connectivity index (χ1) is 9.52. The van der Waals surface area contributed by atoms with Crippen LogP contribution in [0.1, 0.15) is 21.5 Å². The van der Waals surface area contributed by atoms with Crippen LogP contribution in [0.4, 0.5) is 0 Å². The highest BCUT2D eigenvalue weighted by molar-refractivity contribution is 9.10. The predicted molar refractivity (Wildman–Crippen MR) is 77.1 cm³/mol. The lowest BCUT2D eigenvalue weighted by atomic mass is 10.1. The lowest BCUT2D eigenvalue weighted by Gasteiger charge is -2.12. The van der Waals surface area contributed by atoms with E-state index in [1.54, 1.807) is 37.3 Å². The Morgan fingerprint density at radius 3 is 2.70 bits per heavy atom. The minimum atomic E-state index is -1.04. The Kier molecular flexibility index (Phi) is 4.06. The van der Waals surface area contributed by atoms with Crippen LogP contribution >= 0.6 is 15.9 Å². The molecule has 2 aromatic rings. The van der Waals surface area contributed by atoms with Gasteiger partial charge < -0.3 is 9.84 Å². The lowest BCUT2D eigenvalue weighted by molar-refractivity contribution is 0.0694. The largest absolute Gasteiger partial charge is 0.478 e. The molecule has 0 radical (unpaired) electrons. The second-order valence-electron chi connectivity index (χ2n) is 4.11. The van der Waals surface area contributed by atoms with Crippen LogP contribution in [0.3, 0.4) is 0 Å². The molecule has 0 saturated heterocycles. The molecule has 0 bridgehead atoms. The fraction of sp³-hybridized carbons (Fsp3) is 0.0667. The smallest absolute Gasteiger partial charge is 0.339 e. The minimum Gasteiger partial charge on any atom is -0.478 e. The normalized spacial score (nSPS) is 9.85. The molecule has 0 aliphatic heterocycles. The summed E-state index contributed by atoms with van der Waals surface area (Å²) in [5, 5.41) is 18.0. The Labute approximate surface area is 124 Å². The molecule has 0 heterocycles. The number of para-hydroxylation sites is 1. The number of aromatic carboxylic acids is 1. The number of nitrogens with zero attached hydrogens (tertiary/aromatic N) is 1. The van der Waals surface area contributed by atoms with Gasteiger partial charge in [0.2, 0.25) is 0 Å². The Morgan fingerprint density at radius 2 is 2.10 bits per heavy atom. The van der Waals surface area contributed by atoms with Gasteiger partial charge in [0.1, 0.15) is 23.1 Å². The van der Waals surface area contributed by atoms with E-state index < -0.39 is 5.97 Å².